The van der Waals surface area contributed by atoms with Crippen LogP contribution in [0, 0.1) is 5.92 Å². The number of amides is 1. The zero-order valence-electron chi connectivity index (χ0n) is 9.34. The third-order valence-electron chi connectivity index (χ3n) is 2.58. The molecule has 0 saturated carbocycles. The lowest BCUT2D eigenvalue weighted by Gasteiger charge is -2.28. The van der Waals surface area contributed by atoms with Gasteiger partial charge >= 0.3 is 0 Å². The molecular formula is C11H20N2O. The first-order chi connectivity index (χ1) is 6.65. The van der Waals surface area contributed by atoms with Gasteiger partial charge in [0.25, 0.3) is 0 Å². The molecule has 0 bridgehead atoms. The highest BCUT2D eigenvalue weighted by Crippen LogP contribution is 2.11. The Hall–Kier alpha value is -0.830. The highest BCUT2D eigenvalue weighted by Gasteiger charge is 2.21. The normalized spacial score (nSPS) is 19.1. The average Bonchev–Trinajstić information content (AvgIpc) is 2.17. The van der Waals surface area contributed by atoms with E-state index < -0.39 is 0 Å². The molecule has 0 aromatic rings. The molecule has 80 valence electrons. The quantitative estimate of drug-likeness (QED) is 0.684. The summed E-state index contributed by atoms with van der Waals surface area (Å²) in [5, 5.41) is 3.04. The minimum atomic E-state index is 0.0888. The van der Waals surface area contributed by atoms with E-state index in [4.69, 9.17) is 0 Å². The lowest BCUT2D eigenvalue weighted by atomic mass is 10.1. The van der Waals surface area contributed by atoms with Gasteiger partial charge in [0.2, 0.25) is 5.91 Å². The fourth-order valence-corrected chi connectivity index (χ4v) is 1.80. The SMILES string of the molecule is CNCC(C)C(=O)N1CCC=C(C)C1. The molecule has 0 saturated heterocycles. The maximum Gasteiger partial charge on any atom is 0.226 e. The molecule has 1 N–H and O–H groups in total. The van der Waals surface area contributed by atoms with Gasteiger partial charge in [-0.2, -0.15) is 0 Å². The summed E-state index contributed by atoms with van der Waals surface area (Å²) in [4.78, 5) is 13.8. The van der Waals surface area contributed by atoms with E-state index in [0.717, 1.165) is 26.1 Å². The first kappa shape index (κ1) is 11.2. The molecule has 1 aliphatic rings. The van der Waals surface area contributed by atoms with Gasteiger partial charge < -0.3 is 10.2 Å². The third-order valence-corrected chi connectivity index (χ3v) is 2.58. The summed E-state index contributed by atoms with van der Waals surface area (Å²) in [7, 11) is 1.88. The molecule has 0 aliphatic carbocycles. The van der Waals surface area contributed by atoms with Crippen molar-refractivity contribution in [2.75, 3.05) is 26.7 Å². The molecule has 1 unspecified atom stereocenters. The van der Waals surface area contributed by atoms with Gasteiger partial charge in [-0.05, 0) is 20.4 Å². The van der Waals surface area contributed by atoms with Crippen LogP contribution in [0.3, 0.4) is 0 Å². The molecule has 3 heteroatoms. The Morgan fingerprint density at radius 3 is 3.00 bits per heavy atom. The van der Waals surface area contributed by atoms with Crippen molar-refractivity contribution in [1.29, 1.82) is 0 Å². The van der Waals surface area contributed by atoms with Crippen LogP contribution in [0.15, 0.2) is 11.6 Å². The maximum absolute atomic E-state index is 11.9. The van der Waals surface area contributed by atoms with E-state index in [-0.39, 0.29) is 11.8 Å². The van der Waals surface area contributed by atoms with Gasteiger partial charge in [-0.15, -0.1) is 0 Å². The monoisotopic (exact) mass is 196 g/mol. The fourth-order valence-electron chi connectivity index (χ4n) is 1.80. The Morgan fingerprint density at radius 1 is 1.71 bits per heavy atom. The summed E-state index contributed by atoms with van der Waals surface area (Å²) in [6, 6.07) is 0. The minimum Gasteiger partial charge on any atom is -0.338 e. The Labute approximate surface area is 86.2 Å². The van der Waals surface area contributed by atoms with Crippen LogP contribution in [-0.4, -0.2) is 37.5 Å². The van der Waals surface area contributed by atoms with E-state index in [1.165, 1.54) is 5.57 Å². The topological polar surface area (TPSA) is 32.3 Å². The average molecular weight is 196 g/mol. The molecule has 1 aliphatic heterocycles. The van der Waals surface area contributed by atoms with Crippen molar-refractivity contribution in [3.8, 4) is 0 Å². The van der Waals surface area contributed by atoms with Crippen molar-refractivity contribution in [2.24, 2.45) is 5.92 Å². The molecule has 1 atom stereocenters. The molecule has 1 rings (SSSR count). The first-order valence-corrected chi connectivity index (χ1v) is 5.24. The second-order valence-corrected chi connectivity index (χ2v) is 4.06. The predicted octanol–water partition coefficient (Wildman–Crippen LogP) is 1.02. The molecule has 0 spiro atoms. The molecular weight excluding hydrogens is 176 g/mol. The van der Waals surface area contributed by atoms with Crippen molar-refractivity contribution in [2.45, 2.75) is 20.3 Å². The highest BCUT2D eigenvalue weighted by molar-refractivity contribution is 5.79. The van der Waals surface area contributed by atoms with Gasteiger partial charge in [-0.1, -0.05) is 18.6 Å². The van der Waals surface area contributed by atoms with Crippen LogP contribution in [0.1, 0.15) is 20.3 Å². The van der Waals surface area contributed by atoms with E-state index in [0.29, 0.717) is 0 Å². The fraction of sp³-hybridized carbons (Fsp3) is 0.727. The van der Waals surface area contributed by atoms with Crippen LogP contribution >= 0.6 is 0 Å². The van der Waals surface area contributed by atoms with E-state index in [1.807, 2.05) is 18.9 Å². The van der Waals surface area contributed by atoms with Crippen molar-refractivity contribution < 1.29 is 4.79 Å². The van der Waals surface area contributed by atoms with Gasteiger partial charge in [-0.25, -0.2) is 0 Å². The van der Waals surface area contributed by atoms with Crippen LogP contribution < -0.4 is 5.32 Å². The Bertz CT molecular complexity index is 235. The molecule has 1 heterocycles. The largest absolute Gasteiger partial charge is 0.338 e. The van der Waals surface area contributed by atoms with E-state index >= 15 is 0 Å². The zero-order chi connectivity index (χ0) is 10.6. The van der Waals surface area contributed by atoms with Crippen molar-refractivity contribution in [1.82, 2.24) is 10.2 Å². The zero-order valence-corrected chi connectivity index (χ0v) is 9.34. The molecule has 1 amide bonds. The van der Waals surface area contributed by atoms with Gasteiger partial charge in [0.15, 0.2) is 0 Å². The van der Waals surface area contributed by atoms with Gasteiger partial charge in [0.05, 0.1) is 0 Å². The lowest BCUT2D eigenvalue weighted by molar-refractivity contribution is -0.134. The van der Waals surface area contributed by atoms with Gasteiger partial charge in [0.1, 0.15) is 0 Å². The number of nitrogens with one attached hydrogen (secondary N) is 1. The first-order valence-electron chi connectivity index (χ1n) is 5.24. The van der Waals surface area contributed by atoms with Crippen LogP contribution in [-0.2, 0) is 4.79 Å². The second-order valence-electron chi connectivity index (χ2n) is 4.06. The van der Waals surface area contributed by atoms with Crippen LogP contribution in [0.25, 0.3) is 0 Å². The number of carbonyl (C=O) groups excluding carboxylic acids is 1. The molecule has 0 radical (unpaired) electrons. The molecule has 0 aromatic heterocycles. The summed E-state index contributed by atoms with van der Waals surface area (Å²) in [6.07, 6.45) is 3.22. The summed E-state index contributed by atoms with van der Waals surface area (Å²) in [6.45, 7) is 6.52. The summed E-state index contributed by atoms with van der Waals surface area (Å²) >= 11 is 0. The summed E-state index contributed by atoms with van der Waals surface area (Å²) < 4.78 is 0. The molecule has 0 aromatic carbocycles. The number of carbonyl (C=O) groups is 1. The number of rotatable bonds is 3. The van der Waals surface area contributed by atoms with Crippen LogP contribution in [0.2, 0.25) is 0 Å². The number of hydrogen-bond donors (Lipinski definition) is 1. The Balaban J connectivity index is 2.49. The third kappa shape index (κ3) is 2.84. The Kier molecular flexibility index (Phi) is 4.14. The number of nitrogens with zero attached hydrogens (tertiary/aromatic N) is 1. The standard InChI is InChI=1S/C11H20N2O/c1-9-5-4-6-13(8-9)11(14)10(2)7-12-3/h5,10,12H,4,6-8H2,1-3H3. The molecule has 14 heavy (non-hydrogen) atoms. The van der Waals surface area contributed by atoms with Crippen molar-refractivity contribution in [3.05, 3.63) is 11.6 Å². The Morgan fingerprint density at radius 2 is 2.43 bits per heavy atom. The smallest absolute Gasteiger partial charge is 0.226 e. The van der Waals surface area contributed by atoms with Crippen LogP contribution in [0.5, 0.6) is 0 Å². The summed E-state index contributed by atoms with van der Waals surface area (Å²) in [5.41, 5.74) is 1.31. The lowest BCUT2D eigenvalue weighted by Crippen LogP contribution is -2.41. The predicted molar refractivity (Wildman–Crippen MR) is 58.0 cm³/mol. The van der Waals surface area contributed by atoms with E-state index in [2.05, 4.69) is 18.3 Å². The maximum atomic E-state index is 11.9. The second kappa shape index (κ2) is 5.15. The molecule has 3 nitrogen and oxygen atoms in total. The van der Waals surface area contributed by atoms with Crippen molar-refractivity contribution in [3.63, 3.8) is 0 Å². The van der Waals surface area contributed by atoms with Gasteiger partial charge in [0, 0.05) is 25.6 Å². The van der Waals surface area contributed by atoms with Crippen LogP contribution in [0.4, 0.5) is 0 Å². The summed E-state index contributed by atoms with van der Waals surface area (Å²) in [5.74, 6) is 0.359. The minimum absolute atomic E-state index is 0.0888. The van der Waals surface area contributed by atoms with E-state index in [1.54, 1.807) is 0 Å². The van der Waals surface area contributed by atoms with E-state index in [9.17, 15) is 4.79 Å². The molecule has 0 fully saturated rings. The highest BCUT2D eigenvalue weighted by atomic mass is 16.2. The van der Waals surface area contributed by atoms with Crippen molar-refractivity contribution >= 4 is 5.91 Å². The van der Waals surface area contributed by atoms with Gasteiger partial charge in [-0.3, -0.25) is 4.79 Å². The number of hydrogen-bond acceptors (Lipinski definition) is 2.